The Morgan fingerprint density at radius 1 is 1.24 bits per heavy atom. The highest BCUT2D eigenvalue weighted by atomic mass is 16.3. The number of rotatable bonds is 5. The van der Waals surface area contributed by atoms with Crippen LogP contribution in [0, 0.1) is 11.8 Å². The quantitative estimate of drug-likeness (QED) is 0.913. The molecule has 1 aliphatic heterocycles. The number of carbonyl (C=O) groups excluding carboxylic acids is 2. The van der Waals surface area contributed by atoms with Gasteiger partial charge in [-0.3, -0.25) is 9.59 Å². The fraction of sp³-hybridized carbons (Fsp3) is 0.400. The van der Waals surface area contributed by atoms with Crippen LogP contribution < -0.4 is 10.2 Å². The van der Waals surface area contributed by atoms with E-state index in [1.165, 1.54) is 12.8 Å². The van der Waals surface area contributed by atoms with Crippen molar-refractivity contribution in [3.05, 3.63) is 54.0 Å². The summed E-state index contributed by atoms with van der Waals surface area (Å²) in [6.07, 6.45) is 4.60. The third-order valence-corrected chi connectivity index (χ3v) is 5.73. The average Bonchev–Trinajstić information content (AvgIpc) is 3.52. The van der Waals surface area contributed by atoms with E-state index < -0.39 is 5.41 Å². The fourth-order valence-corrected chi connectivity index (χ4v) is 4.12. The van der Waals surface area contributed by atoms with Gasteiger partial charge in [-0.15, -0.1) is 0 Å². The van der Waals surface area contributed by atoms with E-state index in [4.69, 9.17) is 4.42 Å². The fourth-order valence-electron chi connectivity index (χ4n) is 4.12. The van der Waals surface area contributed by atoms with Crippen molar-refractivity contribution in [3.63, 3.8) is 0 Å². The Balaban J connectivity index is 1.38. The molecule has 5 heteroatoms. The van der Waals surface area contributed by atoms with Crippen LogP contribution >= 0.6 is 0 Å². The molecule has 128 valence electrons. The van der Waals surface area contributed by atoms with Crippen molar-refractivity contribution in [2.75, 3.05) is 11.4 Å². The Hall–Kier alpha value is -2.56. The molecule has 0 unspecified atom stereocenters. The SMILES string of the molecule is O=C(NCc1ccco1)[C@H]1C[C@]12C(=O)N(CC1CC1)c1ccccc12. The van der Waals surface area contributed by atoms with E-state index in [0.717, 1.165) is 23.6 Å². The van der Waals surface area contributed by atoms with E-state index >= 15 is 0 Å². The third-order valence-electron chi connectivity index (χ3n) is 5.73. The number of anilines is 1. The predicted molar refractivity (Wildman–Crippen MR) is 91.9 cm³/mol. The van der Waals surface area contributed by atoms with Crippen LogP contribution in [0.25, 0.3) is 0 Å². The Morgan fingerprint density at radius 2 is 2.08 bits per heavy atom. The van der Waals surface area contributed by atoms with Crippen molar-refractivity contribution in [1.82, 2.24) is 5.32 Å². The maximum absolute atomic E-state index is 13.2. The molecule has 5 rings (SSSR count). The standard InChI is InChI=1S/C20H20N2O3/c23-18(21-11-14-4-3-9-25-14)16-10-20(16)15-5-1-2-6-17(15)22(19(20)24)12-13-7-8-13/h1-6,9,13,16H,7-8,10-12H2,(H,21,23)/t16-,20-/m1/s1. The zero-order valence-electron chi connectivity index (χ0n) is 13.9. The summed E-state index contributed by atoms with van der Waals surface area (Å²) >= 11 is 0. The molecule has 5 nitrogen and oxygen atoms in total. The van der Waals surface area contributed by atoms with Crippen LogP contribution in [-0.4, -0.2) is 18.4 Å². The molecule has 2 heterocycles. The molecule has 1 aromatic carbocycles. The molecule has 2 aromatic rings. The van der Waals surface area contributed by atoms with Gasteiger partial charge in [0.05, 0.1) is 24.1 Å². The van der Waals surface area contributed by atoms with E-state index in [-0.39, 0.29) is 17.7 Å². The van der Waals surface area contributed by atoms with E-state index in [1.807, 2.05) is 35.2 Å². The summed E-state index contributed by atoms with van der Waals surface area (Å²) < 4.78 is 5.26. The van der Waals surface area contributed by atoms with Gasteiger partial charge in [0.1, 0.15) is 5.76 Å². The van der Waals surface area contributed by atoms with Crippen LogP contribution in [0.3, 0.4) is 0 Å². The molecule has 0 bridgehead atoms. The van der Waals surface area contributed by atoms with Gasteiger partial charge >= 0.3 is 0 Å². The Kier molecular flexibility index (Phi) is 3.08. The van der Waals surface area contributed by atoms with E-state index in [0.29, 0.717) is 18.9 Å². The number of hydrogen-bond acceptors (Lipinski definition) is 3. The first-order valence-electron chi connectivity index (χ1n) is 8.92. The summed E-state index contributed by atoms with van der Waals surface area (Å²) in [5.41, 5.74) is 1.39. The average molecular weight is 336 g/mol. The molecule has 2 atom stereocenters. The first kappa shape index (κ1) is 14.8. The number of nitrogens with one attached hydrogen (secondary N) is 1. The van der Waals surface area contributed by atoms with Crippen molar-refractivity contribution in [1.29, 1.82) is 0 Å². The summed E-state index contributed by atoms with van der Waals surface area (Å²) in [4.78, 5) is 27.7. The van der Waals surface area contributed by atoms with Crippen LogP contribution in [0.15, 0.2) is 47.1 Å². The second-order valence-electron chi connectivity index (χ2n) is 7.40. The lowest BCUT2D eigenvalue weighted by Crippen LogP contribution is -2.37. The number of fused-ring (bicyclic) bond motifs is 2. The van der Waals surface area contributed by atoms with Gasteiger partial charge in [-0.05, 0) is 48.9 Å². The summed E-state index contributed by atoms with van der Waals surface area (Å²) in [6.45, 7) is 1.15. The molecule has 1 N–H and O–H groups in total. The van der Waals surface area contributed by atoms with E-state index in [9.17, 15) is 9.59 Å². The molecule has 25 heavy (non-hydrogen) atoms. The van der Waals surface area contributed by atoms with Crippen LogP contribution in [-0.2, 0) is 21.5 Å². The van der Waals surface area contributed by atoms with Crippen LogP contribution in [0.4, 0.5) is 5.69 Å². The number of benzene rings is 1. The molecule has 3 aliphatic rings. The summed E-state index contributed by atoms with van der Waals surface area (Å²) in [5, 5.41) is 2.91. The van der Waals surface area contributed by atoms with Crippen molar-refractivity contribution in [2.45, 2.75) is 31.2 Å². The van der Waals surface area contributed by atoms with Crippen LogP contribution in [0.1, 0.15) is 30.6 Å². The van der Waals surface area contributed by atoms with Crippen molar-refractivity contribution in [3.8, 4) is 0 Å². The second kappa shape index (κ2) is 5.22. The van der Waals surface area contributed by atoms with E-state index in [1.54, 1.807) is 12.3 Å². The topological polar surface area (TPSA) is 62.6 Å². The van der Waals surface area contributed by atoms with E-state index in [2.05, 4.69) is 5.32 Å². The smallest absolute Gasteiger partial charge is 0.238 e. The Labute approximate surface area is 146 Å². The molecular weight excluding hydrogens is 316 g/mol. The van der Waals surface area contributed by atoms with Gasteiger partial charge in [-0.1, -0.05) is 18.2 Å². The minimum Gasteiger partial charge on any atom is -0.467 e. The molecule has 2 saturated carbocycles. The lowest BCUT2D eigenvalue weighted by molar-refractivity contribution is -0.126. The summed E-state index contributed by atoms with van der Waals surface area (Å²) in [7, 11) is 0. The van der Waals surface area contributed by atoms with Crippen LogP contribution in [0.5, 0.6) is 0 Å². The van der Waals surface area contributed by atoms with Gasteiger partial charge in [-0.25, -0.2) is 0 Å². The molecule has 2 fully saturated rings. The van der Waals surface area contributed by atoms with Gasteiger partial charge in [0.15, 0.2) is 0 Å². The van der Waals surface area contributed by atoms with Crippen molar-refractivity contribution in [2.24, 2.45) is 11.8 Å². The number of nitrogens with zero attached hydrogens (tertiary/aromatic N) is 1. The molecule has 2 aliphatic carbocycles. The Bertz CT molecular complexity index is 840. The van der Waals surface area contributed by atoms with Crippen LogP contribution in [0.2, 0.25) is 0 Å². The number of hydrogen-bond donors (Lipinski definition) is 1. The largest absolute Gasteiger partial charge is 0.467 e. The minimum absolute atomic E-state index is 0.0622. The first-order chi connectivity index (χ1) is 12.2. The van der Waals surface area contributed by atoms with Gasteiger partial charge < -0.3 is 14.6 Å². The van der Waals surface area contributed by atoms with Gasteiger partial charge in [0.2, 0.25) is 11.8 Å². The number of carbonyl (C=O) groups is 2. The minimum atomic E-state index is -0.640. The maximum atomic E-state index is 13.2. The highest BCUT2D eigenvalue weighted by Crippen LogP contribution is 2.62. The lowest BCUT2D eigenvalue weighted by atomic mass is 9.94. The van der Waals surface area contributed by atoms with Gasteiger partial charge in [0, 0.05) is 12.2 Å². The molecule has 0 saturated heterocycles. The third kappa shape index (κ3) is 2.22. The molecule has 1 aromatic heterocycles. The molecular formula is C20H20N2O3. The zero-order chi connectivity index (χ0) is 17.0. The Morgan fingerprint density at radius 3 is 2.84 bits per heavy atom. The summed E-state index contributed by atoms with van der Waals surface area (Å²) in [5.74, 6) is 1.11. The van der Waals surface area contributed by atoms with Gasteiger partial charge in [-0.2, -0.15) is 0 Å². The maximum Gasteiger partial charge on any atom is 0.238 e. The number of furan rings is 1. The normalized spacial score (nSPS) is 26.8. The molecule has 2 amide bonds. The predicted octanol–water partition coefficient (Wildman–Crippen LogP) is 2.61. The molecule has 1 spiro atoms. The first-order valence-corrected chi connectivity index (χ1v) is 8.92. The second-order valence-corrected chi connectivity index (χ2v) is 7.40. The molecule has 0 radical (unpaired) electrons. The van der Waals surface area contributed by atoms with Gasteiger partial charge in [0.25, 0.3) is 0 Å². The van der Waals surface area contributed by atoms with Crippen molar-refractivity contribution < 1.29 is 14.0 Å². The lowest BCUT2D eigenvalue weighted by Gasteiger charge is -2.17. The highest BCUT2D eigenvalue weighted by Gasteiger charge is 2.69. The number of amides is 2. The highest BCUT2D eigenvalue weighted by molar-refractivity contribution is 6.14. The van der Waals surface area contributed by atoms with Crippen molar-refractivity contribution >= 4 is 17.5 Å². The zero-order valence-corrected chi connectivity index (χ0v) is 13.9. The summed E-state index contributed by atoms with van der Waals surface area (Å²) in [6, 6.07) is 11.6. The monoisotopic (exact) mass is 336 g/mol. The number of para-hydroxylation sites is 1.